The van der Waals surface area contributed by atoms with E-state index in [9.17, 15) is 14.4 Å². The summed E-state index contributed by atoms with van der Waals surface area (Å²) in [4.78, 5) is 45.4. The van der Waals surface area contributed by atoms with Crippen LogP contribution in [0.15, 0.2) is 4.52 Å². The first kappa shape index (κ1) is 21.8. The summed E-state index contributed by atoms with van der Waals surface area (Å²) in [6.07, 6.45) is 2.89. The van der Waals surface area contributed by atoms with Crippen LogP contribution < -0.4 is 5.32 Å². The number of carbonyl (C=O) groups is 3. The minimum absolute atomic E-state index is 0.0202. The van der Waals surface area contributed by atoms with Crippen LogP contribution in [0.1, 0.15) is 58.2 Å². The summed E-state index contributed by atoms with van der Waals surface area (Å²) in [6.45, 7) is 9.69. The van der Waals surface area contributed by atoms with Gasteiger partial charge in [-0.3, -0.25) is 14.4 Å². The fourth-order valence-electron chi connectivity index (χ4n) is 5.62. The topological polar surface area (TPSA) is 109 Å². The molecule has 31 heavy (non-hydrogen) atoms. The summed E-state index contributed by atoms with van der Waals surface area (Å²) in [7, 11) is 0. The molecule has 0 aromatic carbocycles. The SMILES string of the molecule is CC(=O)N1CCC(C(=O)N[C@@H]2CC3CN(C(=O)C(C)C)C[C@@]3(c3nc(C)no3)C2)CC1. The minimum Gasteiger partial charge on any atom is -0.353 e. The Hall–Kier alpha value is -2.45. The van der Waals surface area contributed by atoms with E-state index < -0.39 is 5.41 Å². The molecule has 2 aliphatic heterocycles. The molecule has 1 saturated carbocycles. The number of piperidine rings is 1. The minimum atomic E-state index is -0.401. The summed E-state index contributed by atoms with van der Waals surface area (Å²) in [5.41, 5.74) is -0.401. The van der Waals surface area contributed by atoms with Gasteiger partial charge in [-0.1, -0.05) is 19.0 Å². The largest absolute Gasteiger partial charge is 0.353 e. The second-order valence-electron chi connectivity index (χ2n) is 9.80. The van der Waals surface area contributed by atoms with Crippen molar-refractivity contribution in [2.24, 2.45) is 17.8 Å². The Morgan fingerprint density at radius 2 is 1.90 bits per heavy atom. The highest BCUT2D eigenvalue weighted by atomic mass is 16.5. The number of amides is 3. The van der Waals surface area contributed by atoms with E-state index in [1.165, 1.54) is 0 Å². The summed E-state index contributed by atoms with van der Waals surface area (Å²) in [5, 5.41) is 7.25. The van der Waals surface area contributed by atoms with Crippen molar-refractivity contribution in [3.8, 4) is 0 Å². The van der Waals surface area contributed by atoms with Gasteiger partial charge in [0.05, 0.1) is 5.41 Å². The summed E-state index contributed by atoms with van der Waals surface area (Å²) in [6, 6.07) is 0.0202. The average molecular weight is 432 g/mol. The summed E-state index contributed by atoms with van der Waals surface area (Å²) >= 11 is 0. The molecule has 1 aromatic rings. The standard InChI is InChI=1S/C22H33N5O4/c1-13(2)20(30)27-11-17-9-18(10-22(17,12-27)21-23-14(3)25-31-21)24-19(29)16-5-7-26(8-6-16)15(4)28/h13,16-18H,5-12H2,1-4H3,(H,24,29)/t17?,18-,22+/m1/s1. The number of nitrogens with one attached hydrogen (secondary N) is 1. The molecule has 1 unspecified atom stereocenters. The van der Waals surface area contributed by atoms with Crippen molar-refractivity contribution in [2.45, 2.75) is 64.8 Å². The van der Waals surface area contributed by atoms with Gasteiger partial charge in [0.2, 0.25) is 23.6 Å². The Balaban J connectivity index is 1.44. The van der Waals surface area contributed by atoms with Crippen LogP contribution in [-0.2, 0) is 19.8 Å². The molecule has 0 spiro atoms. The van der Waals surface area contributed by atoms with E-state index in [0.29, 0.717) is 57.2 Å². The van der Waals surface area contributed by atoms with Crippen molar-refractivity contribution < 1.29 is 18.9 Å². The number of carbonyl (C=O) groups excluding carboxylic acids is 3. The monoisotopic (exact) mass is 431 g/mol. The van der Waals surface area contributed by atoms with Crippen molar-refractivity contribution >= 4 is 17.7 Å². The average Bonchev–Trinajstić information content (AvgIpc) is 3.40. The molecule has 2 saturated heterocycles. The number of rotatable bonds is 4. The maximum absolute atomic E-state index is 12.9. The first-order chi connectivity index (χ1) is 14.7. The third kappa shape index (κ3) is 4.06. The van der Waals surface area contributed by atoms with E-state index in [1.54, 1.807) is 18.7 Å². The molecule has 4 rings (SSSR count). The molecular weight excluding hydrogens is 398 g/mol. The van der Waals surface area contributed by atoms with Crippen LogP contribution in [0.5, 0.6) is 0 Å². The Kier molecular flexibility index (Phi) is 5.79. The van der Waals surface area contributed by atoms with Crippen LogP contribution in [0.2, 0.25) is 0 Å². The Morgan fingerprint density at radius 3 is 2.48 bits per heavy atom. The first-order valence-electron chi connectivity index (χ1n) is 11.3. The molecule has 1 N–H and O–H groups in total. The zero-order valence-corrected chi connectivity index (χ0v) is 18.9. The molecule has 1 aliphatic carbocycles. The van der Waals surface area contributed by atoms with Gasteiger partial charge in [0.15, 0.2) is 5.82 Å². The number of likely N-dealkylation sites (tertiary alicyclic amines) is 2. The molecule has 3 atom stereocenters. The first-order valence-corrected chi connectivity index (χ1v) is 11.3. The molecule has 3 aliphatic rings. The Bertz CT molecular complexity index is 860. The molecule has 9 heteroatoms. The molecule has 3 heterocycles. The number of nitrogens with zero attached hydrogens (tertiary/aromatic N) is 4. The van der Waals surface area contributed by atoms with Gasteiger partial charge in [-0.25, -0.2) is 0 Å². The van der Waals surface area contributed by atoms with Gasteiger partial charge in [0, 0.05) is 51.0 Å². The van der Waals surface area contributed by atoms with Crippen LogP contribution >= 0.6 is 0 Å². The number of hydrogen-bond acceptors (Lipinski definition) is 6. The number of hydrogen-bond donors (Lipinski definition) is 1. The van der Waals surface area contributed by atoms with E-state index in [1.807, 2.05) is 18.7 Å². The van der Waals surface area contributed by atoms with Crippen LogP contribution in [0.4, 0.5) is 0 Å². The predicted molar refractivity (Wildman–Crippen MR) is 112 cm³/mol. The lowest BCUT2D eigenvalue weighted by molar-refractivity contribution is -0.134. The van der Waals surface area contributed by atoms with Gasteiger partial charge in [-0.05, 0) is 38.5 Å². The highest BCUT2D eigenvalue weighted by Crippen LogP contribution is 2.50. The van der Waals surface area contributed by atoms with E-state index >= 15 is 0 Å². The van der Waals surface area contributed by atoms with Gasteiger partial charge < -0.3 is 19.6 Å². The van der Waals surface area contributed by atoms with Crippen molar-refractivity contribution in [1.82, 2.24) is 25.3 Å². The predicted octanol–water partition coefficient (Wildman–Crippen LogP) is 1.27. The third-order valence-corrected chi connectivity index (χ3v) is 7.29. The molecule has 1 aromatic heterocycles. The van der Waals surface area contributed by atoms with Gasteiger partial charge in [-0.2, -0.15) is 4.98 Å². The lowest BCUT2D eigenvalue weighted by atomic mass is 9.80. The molecule has 170 valence electrons. The Morgan fingerprint density at radius 1 is 1.19 bits per heavy atom. The molecule has 3 amide bonds. The highest BCUT2D eigenvalue weighted by Gasteiger charge is 2.58. The second-order valence-corrected chi connectivity index (χ2v) is 9.80. The zero-order valence-electron chi connectivity index (χ0n) is 18.9. The van der Waals surface area contributed by atoms with Crippen LogP contribution in [0.25, 0.3) is 0 Å². The van der Waals surface area contributed by atoms with Gasteiger partial charge in [0.25, 0.3) is 0 Å². The Labute approximate surface area is 182 Å². The smallest absolute Gasteiger partial charge is 0.235 e. The fourth-order valence-corrected chi connectivity index (χ4v) is 5.62. The van der Waals surface area contributed by atoms with Crippen molar-refractivity contribution in [3.05, 3.63) is 11.7 Å². The van der Waals surface area contributed by atoms with Crippen molar-refractivity contribution in [3.63, 3.8) is 0 Å². The number of fused-ring (bicyclic) bond motifs is 1. The summed E-state index contributed by atoms with van der Waals surface area (Å²) < 4.78 is 5.60. The molecule has 9 nitrogen and oxygen atoms in total. The van der Waals surface area contributed by atoms with E-state index in [4.69, 9.17) is 4.52 Å². The van der Waals surface area contributed by atoms with Crippen molar-refractivity contribution in [1.29, 1.82) is 0 Å². The maximum atomic E-state index is 12.9. The van der Waals surface area contributed by atoms with Crippen LogP contribution in [0.3, 0.4) is 0 Å². The van der Waals surface area contributed by atoms with E-state index in [-0.39, 0.29) is 41.5 Å². The van der Waals surface area contributed by atoms with Crippen LogP contribution in [0, 0.1) is 24.7 Å². The lowest BCUT2D eigenvalue weighted by Gasteiger charge is -2.31. The zero-order chi connectivity index (χ0) is 22.3. The molecule has 0 bridgehead atoms. The third-order valence-electron chi connectivity index (χ3n) is 7.29. The maximum Gasteiger partial charge on any atom is 0.235 e. The van der Waals surface area contributed by atoms with Crippen molar-refractivity contribution in [2.75, 3.05) is 26.2 Å². The molecule has 3 fully saturated rings. The van der Waals surface area contributed by atoms with Gasteiger partial charge in [-0.15, -0.1) is 0 Å². The molecular formula is C22H33N5O4. The number of aryl methyl sites for hydroxylation is 1. The van der Waals surface area contributed by atoms with E-state index in [2.05, 4.69) is 15.5 Å². The summed E-state index contributed by atoms with van der Waals surface area (Å²) in [5.74, 6) is 1.51. The van der Waals surface area contributed by atoms with E-state index in [0.717, 1.165) is 6.42 Å². The molecule has 0 radical (unpaired) electrons. The second kappa shape index (κ2) is 8.24. The quantitative estimate of drug-likeness (QED) is 0.769. The van der Waals surface area contributed by atoms with Gasteiger partial charge >= 0.3 is 0 Å². The van der Waals surface area contributed by atoms with Crippen LogP contribution in [-0.4, -0.2) is 69.9 Å². The fraction of sp³-hybridized carbons (Fsp3) is 0.773. The highest BCUT2D eigenvalue weighted by molar-refractivity contribution is 5.80. The number of aromatic nitrogens is 2. The lowest BCUT2D eigenvalue weighted by Crippen LogP contribution is -2.45. The normalized spacial score (nSPS) is 28.8. The van der Waals surface area contributed by atoms with Gasteiger partial charge in [0.1, 0.15) is 0 Å².